The number of hydrogen-bond acceptors (Lipinski definition) is 4. The van der Waals surface area contributed by atoms with Crippen LogP contribution >= 0.6 is 0 Å². The van der Waals surface area contributed by atoms with E-state index in [4.69, 9.17) is 4.99 Å². The summed E-state index contributed by atoms with van der Waals surface area (Å²) in [4.78, 5) is 18.5. The zero-order valence-electron chi connectivity index (χ0n) is 22.0. The largest absolute Gasteiger partial charge is 0.340 e. The molecule has 0 aromatic heterocycles. The molecule has 0 aliphatic carbocycles. The lowest BCUT2D eigenvalue weighted by Crippen LogP contribution is -2.25. The minimum absolute atomic E-state index is 0.00383. The van der Waals surface area contributed by atoms with Gasteiger partial charge in [0.05, 0.1) is 6.04 Å². The van der Waals surface area contributed by atoms with E-state index >= 15 is 0 Å². The van der Waals surface area contributed by atoms with Crippen LogP contribution in [0.15, 0.2) is 90.4 Å². The molecular formula is C29H41N5. The number of nitrogens with one attached hydrogen (secondary N) is 1. The highest BCUT2D eigenvalue weighted by atomic mass is 15.1. The molecule has 0 bridgehead atoms. The summed E-state index contributed by atoms with van der Waals surface area (Å²) in [6, 6.07) is -0.110. The van der Waals surface area contributed by atoms with Crippen molar-refractivity contribution in [1.82, 2.24) is 5.32 Å². The fraction of sp³-hybridized carbons (Fsp3) is 0.448. The van der Waals surface area contributed by atoms with Gasteiger partial charge < -0.3 is 5.32 Å². The zero-order valence-corrected chi connectivity index (χ0v) is 22.0. The van der Waals surface area contributed by atoms with E-state index in [1.807, 2.05) is 37.7 Å². The van der Waals surface area contributed by atoms with Crippen molar-refractivity contribution < 1.29 is 0 Å². The maximum absolute atomic E-state index is 5.05. The molecule has 5 nitrogen and oxygen atoms in total. The third kappa shape index (κ3) is 6.49. The van der Waals surface area contributed by atoms with Crippen LogP contribution in [0.5, 0.6) is 0 Å². The molecule has 0 aromatic carbocycles. The van der Waals surface area contributed by atoms with Crippen LogP contribution in [0.4, 0.5) is 0 Å². The molecule has 34 heavy (non-hydrogen) atoms. The Morgan fingerprint density at radius 3 is 2.65 bits per heavy atom. The van der Waals surface area contributed by atoms with E-state index in [1.54, 1.807) is 0 Å². The second kappa shape index (κ2) is 13.0. The van der Waals surface area contributed by atoms with E-state index in [2.05, 4.69) is 81.2 Å². The highest BCUT2D eigenvalue weighted by Gasteiger charge is 2.25. The van der Waals surface area contributed by atoms with Crippen LogP contribution in [-0.2, 0) is 0 Å². The summed E-state index contributed by atoms with van der Waals surface area (Å²) >= 11 is 0. The van der Waals surface area contributed by atoms with Gasteiger partial charge in [0.2, 0.25) is 0 Å². The number of amidine groups is 1. The maximum atomic E-state index is 5.05. The van der Waals surface area contributed by atoms with E-state index < -0.39 is 0 Å². The van der Waals surface area contributed by atoms with Crippen LogP contribution in [0.25, 0.3) is 0 Å². The summed E-state index contributed by atoms with van der Waals surface area (Å²) < 4.78 is 0. The van der Waals surface area contributed by atoms with Crippen molar-refractivity contribution in [3.63, 3.8) is 0 Å². The first-order valence-corrected chi connectivity index (χ1v) is 12.3. The fourth-order valence-corrected chi connectivity index (χ4v) is 4.12. The van der Waals surface area contributed by atoms with Gasteiger partial charge in [-0.05, 0) is 88.0 Å². The molecule has 0 spiro atoms. The number of nitrogens with zero attached hydrogens (tertiary/aromatic N) is 4. The van der Waals surface area contributed by atoms with Gasteiger partial charge in [-0.25, -0.2) is 9.98 Å². The van der Waals surface area contributed by atoms with Crippen LogP contribution in [0.2, 0.25) is 0 Å². The highest BCUT2D eigenvalue weighted by Crippen LogP contribution is 2.28. The molecule has 0 saturated carbocycles. The highest BCUT2D eigenvalue weighted by molar-refractivity contribution is 5.93. The molecule has 5 heteroatoms. The van der Waals surface area contributed by atoms with Crippen molar-refractivity contribution in [3.8, 4) is 0 Å². The lowest BCUT2D eigenvalue weighted by atomic mass is 9.91. The van der Waals surface area contributed by atoms with Gasteiger partial charge in [-0.2, -0.15) is 0 Å². The monoisotopic (exact) mass is 459 g/mol. The second-order valence-electron chi connectivity index (χ2n) is 8.94. The lowest BCUT2D eigenvalue weighted by molar-refractivity contribution is 0.667. The average Bonchev–Trinajstić information content (AvgIpc) is 3.02. The molecule has 1 N–H and O–H groups in total. The Morgan fingerprint density at radius 2 is 2.03 bits per heavy atom. The first-order valence-electron chi connectivity index (χ1n) is 12.3. The van der Waals surface area contributed by atoms with Crippen LogP contribution in [0.1, 0.15) is 67.7 Å². The molecule has 182 valence electrons. The van der Waals surface area contributed by atoms with Crippen molar-refractivity contribution in [2.45, 2.75) is 73.8 Å². The Kier molecular flexibility index (Phi) is 10.4. The summed E-state index contributed by atoms with van der Waals surface area (Å²) in [6.07, 6.45) is 14.7. The van der Waals surface area contributed by atoms with Crippen LogP contribution < -0.4 is 5.32 Å². The Hall–Kier alpha value is -3.08. The maximum Gasteiger partial charge on any atom is 0.131 e. The Bertz CT molecular complexity index is 1030. The Morgan fingerprint density at radius 1 is 1.29 bits per heavy atom. The van der Waals surface area contributed by atoms with E-state index in [0.29, 0.717) is 5.92 Å². The standard InChI is InChI=1S/C29H41N5/c1-10-13-24(19(4)11-2)23(8)33-28-22(7)25(14-17-32-28)29(30-9)34-27-15-16-31-18-26(21(27)6)20(5)12-3/h10,13,15-18,20,25,27,33H,8-9,11-12,14H2,1-7H3/b13-10-,24-19+,34-29?. The zero-order chi connectivity index (χ0) is 25.3. The molecule has 2 rings (SSSR count). The number of aliphatic imine (C=N–C) groups is 4. The van der Waals surface area contributed by atoms with Gasteiger partial charge in [0.15, 0.2) is 0 Å². The Balaban J connectivity index is 2.40. The van der Waals surface area contributed by atoms with Crippen molar-refractivity contribution in [3.05, 3.63) is 70.4 Å². The van der Waals surface area contributed by atoms with Gasteiger partial charge in [0.25, 0.3) is 0 Å². The third-order valence-corrected chi connectivity index (χ3v) is 6.73. The number of rotatable bonds is 9. The molecule has 3 atom stereocenters. The predicted octanol–water partition coefficient (Wildman–Crippen LogP) is 7.14. The van der Waals surface area contributed by atoms with Gasteiger partial charge in [-0.15, -0.1) is 0 Å². The molecule has 2 aliphatic rings. The summed E-state index contributed by atoms with van der Waals surface area (Å²) in [7, 11) is 0. The smallest absolute Gasteiger partial charge is 0.131 e. The number of hydrogen-bond donors (Lipinski definition) is 1. The second-order valence-corrected chi connectivity index (χ2v) is 8.94. The summed E-state index contributed by atoms with van der Waals surface area (Å²) in [5, 5.41) is 3.45. The Labute approximate surface area is 206 Å². The molecule has 2 heterocycles. The lowest BCUT2D eigenvalue weighted by Gasteiger charge is -2.25. The van der Waals surface area contributed by atoms with Crippen molar-refractivity contribution in [2.24, 2.45) is 31.8 Å². The van der Waals surface area contributed by atoms with Gasteiger partial charge in [0.1, 0.15) is 11.7 Å². The quantitative estimate of drug-likeness (QED) is 0.222. The molecule has 0 saturated heterocycles. The van der Waals surface area contributed by atoms with E-state index in [1.165, 1.54) is 16.7 Å². The van der Waals surface area contributed by atoms with E-state index in [9.17, 15) is 0 Å². The molecule has 3 unspecified atom stereocenters. The molecule has 0 fully saturated rings. The van der Waals surface area contributed by atoms with Crippen LogP contribution in [-0.4, -0.2) is 31.0 Å². The summed E-state index contributed by atoms with van der Waals surface area (Å²) in [6.45, 7) is 23.1. The molecule has 0 aromatic rings. The minimum Gasteiger partial charge on any atom is -0.340 e. The first kappa shape index (κ1) is 27.2. The summed E-state index contributed by atoms with van der Waals surface area (Å²) in [5.74, 6) is 1.96. The van der Waals surface area contributed by atoms with E-state index in [-0.39, 0.29) is 12.0 Å². The minimum atomic E-state index is -0.110. The summed E-state index contributed by atoms with van der Waals surface area (Å²) in [5.41, 5.74) is 6.77. The van der Waals surface area contributed by atoms with Crippen LogP contribution in [0, 0.1) is 11.8 Å². The van der Waals surface area contributed by atoms with Crippen molar-refractivity contribution in [1.29, 1.82) is 0 Å². The van der Waals surface area contributed by atoms with Gasteiger partial charge in [0, 0.05) is 30.2 Å². The van der Waals surface area contributed by atoms with Crippen molar-refractivity contribution in [2.75, 3.05) is 0 Å². The molecule has 2 aliphatic heterocycles. The predicted molar refractivity (Wildman–Crippen MR) is 150 cm³/mol. The third-order valence-electron chi connectivity index (χ3n) is 6.73. The molecule has 0 radical (unpaired) electrons. The molecular weight excluding hydrogens is 418 g/mol. The van der Waals surface area contributed by atoms with Crippen molar-refractivity contribution >= 4 is 25.0 Å². The SMILES string of the molecule is C=NC(=NC1C=CN=CC(C(C)CC)=C1C)C1CC=NC(NC(=C)C(/C=C\C)=C(\C)CC)=C1C. The topological polar surface area (TPSA) is 61.5 Å². The average molecular weight is 460 g/mol. The first-order chi connectivity index (χ1) is 16.3. The fourth-order valence-electron chi connectivity index (χ4n) is 4.12. The van der Waals surface area contributed by atoms with Gasteiger partial charge in [-0.3, -0.25) is 9.98 Å². The van der Waals surface area contributed by atoms with Gasteiger partial charge in [-0.1, -0.05) is 45.1 Å². The normalized spacial score (nSPS) is 22.7. The molecule has 0 amide bonds. The van der Waals surface area contributed by atoms with E-state index in [0.717, 1.165) is 47.8 Å². The number of allylic oxidation sites excluding steroid dienone is 4. The van der Waals surface area contributed by atoms with Crippen LogP contribution in [0.3, 0.4) is 0 Å². The van der Waals surface area contributed by atoms with Gasteiger partial charge >= 0.3 is 0 Å².